The standard InChI is InChI=1S/C15H20N2O3/c18-14(17-13-5-3-1-2-4-6-13)11-20-15(19)12-7-9-16-10-8-12/h7-10,13H,1-6,11H2,(H,17,18). The zero-order valence-electron chi connectivity index (χ0n) is 11.5. The Labute approximate surface area is 118 Å². The van der Waals surface area contributed by atoms with Crippen LogP contribution in [0.2, 0.25) is 0 Å². The molecule has 20 heavy (non-hydrogen) atoms. The number of hydrogen-bond donors (Lipinski definition) is 1. The van der Waals surface area contributed by atoms with Crippen molar-refractivity contribution in [3.05, 3.63) is 30.1 Å². The molecule has 1 saturated carbocycles. The van der Waals surface area contributed by atoms with Crippen molar-refractivity contribution < 1.29 is 14.3 Å². The van der Waals surface area contributed by atoms with E-state index >= 15 is 0 Å². The normalized spacial score (nSPS) is 16.2. The van der Waals surface area contributed by atoms with E-state index in [1.807, 2.05) is 0 Å². The molecule has 1 fully saturated rings. The van der Waals surface area contributed by atoms with E-state index in [9.17, 15) is 9.59 Å². The monoisotopic (exact) mass is 276 g/mol. The van der Waals surface area contributed by atoms with Crippen LogP contribution in [0, 0.1) is 0 Å². The lowest BCUT2D eigenvalue weighted by Crippen LogP contribution is -2.37. The zero-order chi connectivity index (χ0) is 14.2. The Kier molecular flexibility index (Phi) is 5.53. The van der Waals surface area contributed by atoms with Crippen LogP contribution in [0.3, 0.4) is 0 Å². The minimum Gasteiger partial charge on any atom is -0.452 e. The van der Waals surface area contributed by atoms with E-state index in [0.717, 1.165) is 25.7 Å². The molecule has 5 nitrogen and oxygen atoms in total. The number of carbonyl (C=O) groups excluding carboxylic acids is 2. The van der Waals surface area contributed by atoms with Crippen molar-refractivity contribution in [3.63, 3.8) is 0 Å². The number of pyridine rings is 1. The van der Waals surface area contributed by atoms with Crippen molar-refractivity contribution in [3.8, 4) is 0 Å². The van der Waals surface area contributed by atoms with Crippen molar-refractivity contribution in [2.45, 2.75) is 44.6 Å². The Hall–Kier alpha value is -1.91. The number of carbonyl (C=O) groups is 2. The van der Waals surface area contributed by atoms with E-state index in [4.69, 9.17) is 4.74 Å². The molecule has 1 aliphatic rings. The molecule has 0 aromatic carbocycles. The van der Waals surface area contributed by atoms with Gasteiger partial charge in [-0.05, 0) is 25.0 Å². The molecule has 1 amide bonds. The second-order valence-electron chi connectivity index (χ2n) is 5.07. The highest BCUT2D eigenvalue weighted by Crippen LogP contribution is 2.17. The van der Waals surface area contributed by atoms with E-state index in [0.29, 0.717) is 5.56 Å². The molecule has 1 aromatic heterocycles. The molecule has 5 heteroatoms. The molecule has 1 aromatic rings. The van der Waals surface area contributed by atoms with Crippen molar-refractivity contribution in [2.24, 2.45) is 0 Å². The lowest BCUT2D eigenvalue weighted by Gasteiger charge is -2.16. The van der Waals surface area contributed by atoms with E-state index in [-0.39, 0.29) is 18.6 Å². The maximum absolute atomic E-state index is 11.8. The molecule has 0 saturated heterocycles. The van der Waals surface area contributed by atoms with Gasteiger partial charge in [0, 0.05) is 18.4 Å². The van der Waals surface area contributed by atoms with Gasteiger partial charge in [0.2, 0.25) is 0 Å². The van der Waals surface area contributed by atoms with E-state index in [2.05, 4.69) is 10.3 Å². The first-order valence-corrected chi connectivity index (χ1v) is 7.12. The molecule has 1 N–H and O–H groups in total. The van der Waals surface area contributed by atoms with Crippen LogP contribution in [0.1, 0.15) is 48.9 Å². The second-order valence-corrected chi connectivity index (χ2v) is 5.07. The molecule has 0 spiro atoms. The minimum atomic E-state index is -0.497. The summed E-state index contributed by atoms with van der Waals surface area (Å²) in [6.07, 6.45) is 9.86. The van der Waals surface area contributed by atoms with Crippen molar-refractivity contribution in [1.29, 1.82) is 0 Å². The summed E-state index contributed by atoms with van der Waals surface area (Å²) in [5, 5.41) is 2.94. The van der Waals surface area contributed by atoms with Crippen LogP contribution in [0.5, 0.6) is 0 Å². The number of amides is 1. The van der Waals surface area contributed by atoms with Crippen molar-refractivity contribution in [1.82, 2.24) is 10.3 Å². The summed E-state index contributed by atoms with van der Waals surface area (Å²) in [5.74, 6) is -0.720. The van der Waals surface area contributed by atoms with Gasteiger partial charge in [0.1, 0.15) is 0 Å². The van der Waals surface area contributed by atoms with E-state index < -0.39 is 5.97 Å². The summed E-state index contributed by atoms with van der Waals surface area (Å²) in [6, 6.07) is 3.35. The highest BCUT2D eigenvalue weighted by molar-refractivity contribution is 5.91. The number of nitrogens with one attached hydrogen (secondary N) is 1. The van der Waals surface area contributed by atoms with Gasteiger partial charge in [0.25, 0.3) is 5.91 Å². The molecule has 0 aliphatic heterocycles. The smallest absolute Gasteiger partial charge is 0.338 e. The third-order valence-electron chi connectivity index (χ3n) is 3.47. The Morgan fingerprint density at radius 1 is 1.15 bits per heavy atom. The summed E-state index contributed by atoms with van der Waals surface area (Å²) >= 11 is 0. The third-order valence-corrected chi connectivity index (χ3v) is 3.47. The average molecular weight is 276 g/mol. The summed E-state index contributed by atoms with van der Waals surface area (Å²) < 4.78 is 4.98. The molecule has 0 bridgehead atoms. The molecular weight excluding hydrogens is 256 g/mol. The van der Waals surface area contributed by atoms with Crippen LogP contribution >= 0.6 is 0 Å². The van der Waals surface area contributed by atoms with Gasteiger partial charge >= 0.3 is 5.97 Å². The van der Waals surface area contributed by atoms with Crippen LogP contribution < -0.4 is 5.32 Å². The number of hydrogen-bond acceptors (Lipinski definition) is 4. The van der Waals surface area contributed by atoms with Gasteiger partial charge in [-0.25, -0.2) is 4.79 Å². The quantitative estimate of drug-likeness (QED) is 0.675. The summed E-state index contributed by atoms with van der Waals surface area (Å²) in [5.41, 5.74) is 0.405. The maximum atomic E-state index is 11.8. The number of rotatable bonds is 4. The lowest BCUT2D eigenvalue weighted by molar-refractivity contribution is -0.125. The van der Waals surface area contributed by atoms with Gasteiger partial charge < -0.3 is 10.1 Å². The molecule has 1 aliphatic carbocycles. The Morgan fingerprint density at radius 2 is 1.80 bits per heavy atom. The highest BCUT2D eigenvalue weighted by atomic mass is 16.5. The minimum absolute atomic E-state index is 0.223. The predicted octanol–water partition coefficient (Wildman–Crippen LogP) is 2.08. The molecule has 0 atom stereocenters. The lowest BCUT2D eigenvalue weighted by atomic mass is 10.1. The van der Waals surface area contributed by atoms with Gasteiger partial charge in [0.15, 0.2) is 6.61 Å². The second kappa shape index (κ2) is 7.62. The summed E-state index contributed by atoms with van der Waals surface area (Å²) in [7, 11) is 0. The SMILES string of the molecule is O=C(COC(=O)c1ccncc1)NC1CCCCCC1. The van der Waals surface area contributed by atoms with Crippen molar-refractivity contribution in [2.75, 3.05) is 6.61 Å². The average Bonchev–Trinajstić information content (AvgIpc) is 2.74. The molecule has 108 valence electrons. The molecule has 0 radical (unpaired) electrons. The van der Waals surface area contributed by atoms with Gasteiger partial charge in [-0.2, -0.15) is 0 Å². The number of nitrogens with zero attached hydrogens (tertiary/aromatic N) is 1. The molecule has 1 heterocycles. The first-order valence-electron chi connectivity index (χ1n) is 7.12. The zero-order valence-corrected chi connectivity index (χ0v) is 11.5. The summed E-state index contributed by atoms with van der Waals surface area (Å²) in [6.45, 7) is -0.225. The molecular formula is C15H20N2O3. The van der Waals surface area contributed by atoms with Gasteiger partial charge in [0.05, 0.1) is 5.56 Å². The van der Waals surface area contributed by atoms with Gasteiger partial charge in [-0.3, -0.25) is 9.78 Å². The van der Waals surface area contributed by atoms with Crippen LogP contribution in [-0.4, -0.2) is 29.5 Å². The van der Waals surface area contributed by atoms with Crippen molar-refractivity contribution >= 4 is 11.9 Å². The number of aromatic nitrogens is 1. The van der Waals surface area contributed by atoms with Gasteiger partial charge in [-0.15, -0.1) is 0 Å². The Balaban J connectivity index is 1.73. The molecule has 0 unspecified atom stereocenters. The fraction of sp³-hybridized carbons (Fsp3) is 0.533. The topological polar surface area (TPSA) is 68.3 Å². The van der Waals surface area contributed by atoms with Crippen LogP contribution in [0.15, 0.2) is 24.5 Å². The fourth-order valence-corrected chi connectivity index (χ4v) is 2.40. The first kappa shape index (κ1) is 14.5. The van der Waals surface area contributed by atoms with Crippen LogP contribution in [-0.2, 0) is 9.53 Å². The van der Waals surface area contributed by atoms with E-state index in [1.165, 1.54) is 25.2 Å². The third kappa shape index (κ3) is 4.64. The van der Waals surface area contributed by atoms with Crippen LogP contribution in [0.4, 0.5) is 0 Å². The largest absolute Gasteiger partial charge is 0.452 e. The summed E-state index contributed by atoms with van der Waals surface area (Å²) in [4.78, 5) is 27.2. The van der Waals surface area contributed by atoms with Gasteiger partial charge in [-0.1, -0.05) is 25.7 Å². The Morgan fingerprint density at radius 3 is 2.45 bits per heavy atom. The predicted molar refractivity (Wildman–Crippen MR) is 74.2 cm³/mol. The van der Waals surface area contributed by atoms with Crippen LogP contribution in [0.25, 0.3) is 0 Å². The number of esters is 1. The Bertz CT molecular complexity index is 440. The number of ether oxygens (including phenoxy) is 1. The van der Waals surface area contributed by atoms with E-state index in [1.54, 1.807) is 12.1 Å². The highest BCUT2D eigenvalue weighted by Gasteiger charge is 2.16. The fourth-order valence-electron chi connectivity index (χ4n) is 2.40. The first-order chi connectivity index (χ1) is 9.75. The maximum Gasteiger partial charge on any atom is 0.338 e. The molecule has 2 rings (SSSR count).